The number of amides is 2. The highest BCUT2D eigenvalue weighted by Crippen LogP contribution is 2.30. The molecule has 166 valence electrons. The lowest BCUT2D eigenvalue weighted by Gasteiger charge is -2.10. The maximum Gasteiger partial charge on any atom is 0.341 e. The molecule has 0 aliphatic rings. The number of carbonyl (C=O) groups excluding carboxylic acids is 4. The van der Waals surface area contributed by atoms with E-state index < -0.39 is 30.4 Å². The SMILES string of the molecule is CCOC(=O)c1c(CC(C)C)csc1NC(=O)COC(=O)CNC(=O)c1ccccc1. The third-order valence-electron chi connectivity index (χ3n) is 4.02. The van der Waals surface area contributed by atoms with Crippen LogP contribution in [0.1, 0.15) is 47.1 Å². The van der Waals surface area contributed by atoms with Crippen molar-refractivity contribution in [2.75, 3.05) is 25.1 Å². The minimum atomic E-state index is -0.753. The summed E-state index contributed by atoms with van der Waals surface area (Å²) < 4.78 is 10.0. The van der Waals surface area contributed by atoms with E-state index in [1.54, 1.807) is 37.3 Å². The first-order valence-electron chi connectivity index (χ1n) is 9.88. The fourth-order valence-electron chi connectivity index (χ4n) is 2.71. The second-order valence-electron chi connectivity index (χ2n) is 7.04. The molecule has 0 spiro atoms. The van der Waals surface area contributed by atoms with Gasteiger partial charge in [-0.25, -0.2) is 4.79 Å². The number of anilines is 1. The lowest BCUT2D eigenvalue weighted by molar-refractivity contribution is -0.146. The van der Waals surface area contributed by atoms with Crippen LogP contribution in [-0.4, -0.2) is 43.5 Å². The minimum absolute atomic E-state index is 0.218. The number of ether oxygens (including phenoxy) is 2. The standard InChI is InChI=1S/C22H26N2O6S/c1-4-29-22(28)19-16(10-14(2)3)13-31-21(19)24-17(25)12-30-18(26)11-23-20(27)15-8-6-5-7-9-15/h5-9,13-14H,4,10-12H2,1-3H3,(H,23,27)(H,24,25). The second-order valence-corrected chi connectivity index (χ2v) is 7.92. The van der Waals surface area contributed by atoms with E-state index in [0.717, 1.165) is 5.56 Å². The van der Waals surface area contributed by atoms with Gasteiger partial charge in [-0.3, -0.25) is 14.4 Å². The van der Waals surface area contributed by atoms with Gasteiger partial charge in [-0.2, -0.15) is 0 Å². The first-order valence-corrected chi connectivity index (χ1v) is 10.8. The Balaban J connectivity index is 1.89. The molecule has 0 atom stereocenters. The normalized spacial score (nSPS) is 10.5. The molecular weight excluding hydrogens is 420 g/mol. The van der Waals surface area contributed by atoms with Crippen molar-refractivity contribution in [2.45, 2.75) is 27.2 Å². The highest BCUT2D eigenvalue weighted by Gasteiger charge is 2.22. The van der Waals surface area contributed by atoms with Crippen molar-refractivity contribution in [3.05, 3.63) is 52.4 Å². The molecule has 2 N–H and O–H groups in total. The first kappa shape index (κ1) is 24.1. The van der Waals surface area contributed by atoms with Crippen LogP contribution in [0.2, 0.25) is 0 Å². The van der Waals surface area contributed by atoms with Gasteiger partial charge in [0.15, 0.2) is 6.61 Å². The van der Waals surface area contributed by atoms with Crippen LogP contribution >= 0.6 is 11.3 Å². The fourth-order valence-corrected chi connectivity index (χ4v) is 3.69. The van der Waals surface area contributed by atoms with Crippen LogP contribution in [0.15, 0.2) is 35.7 Å². The molecule has 0 fully saturated rings. The van der Waals surface area contributed by atoms with E-state index in [-0.39, 0.29) is 13.2 Å². The molecule has 2 aromatic rings. The minimum Gasteiger partial charge on any atom is -0.462 e. The molecule has 2 rings (SSSR count). The maximum absolute atomic E-state index is 12.4. The van der Waals surface area contributed by atoms with Crippen LogP contribution < -0.4 is 10.6 Å². The van der Waals surface area contributed by atoms with E-state index in [4.69, 9.17) is 9.47 Å². The molecule has 0 aliphatic heterocycles. The number of thiophene rings is 1. The number of nitrogens with one attached hydrogen (secondary N) is 2. The quantitative estimate of drug-likeness (QED) is 0.543. The summed E-state index contributed by atoms with van der Waals surface area (Å²) in [6.45, 7) is 5.07. The molecule has 8 nitrogen and oxygen atoms in total. The average molecular weight is 447 g/mol. The lowest BCUT2D eigenvalue weighted by Crippen LogP contribution is -2.32. The summed E-state index contributed by atoms with van der Waals surface area (Å²) >= 11 is 1.22. The van der Waals surface area contributed by atoms with Gasteiger partial charge in [-0.1, -0.05) is 32.0 Å². The summed E-state index contributed by atoms with van der Waals surface area (Å²) in [4.78, 5) is 48.3. The number of esters is 2. The molecule has 2 amide bonds. The average Bonchev–Trinajstić information content (AvgIpc) is 3.12. The zero-order chi connectivity index (χ0) is 22.8. The van der Waals surface area contributed by atoms with Gasteiger partial charge in [0.25, 0.3) is 11.8 Å². The highest BCUT2D eigenvalue weighted by atomic mass is 32.1. The number of hydrogen-bond acceptors (Lipinski definition) is 7. The Morgan fingerprint density at radius 3 is 2.42 bits per heavy atom. The van der Waals surface area contributed by atoms with Crippen molar-refractivity contribution in [3.63, 3.8) is 0 Å². The van der Waals surface area contributed by atoms with Crippen LogP contribution in [0.5, 0.6) is 0 Å². The number of carbonyl (C=O) groups is 4. The van der Waals surface area contributed by atoms with Crippen molar-refractivity contribution in [1.29, 1.82) is 0 Å². The molecule has 31 heavy (non-hydrogen) atoms. The van der Waals surface area contributed by atoms with Gasteiger partial charge >= 0.3 is 11.9 Å². The van der Waals surface area contributed by atoms with Crippen molar-refractivity contribution in [3.8, 4) is 0 Å². The van der Waals surface area contributed by atoms with Crippen LogP contribution in [-0.2, 0) is 25.5 Å². The van der Waals surface area contributed by atoms with Gasteiger partial charge in [-0.05, 0) is 42.3 Å². The number of hydrogen-bond donors (Lipinski definition) is 2. The van der Waals surface area contributed by atoms with E-state index in [1.165, 1.54) is 11.3 Å². The van der Waals surface area contributed by atoms with E-state index in [9.17, 15) is 19.2 Å². The van der Waals surface area contributed by atoms with Gasteiger partial charge in [0.2, 0.25) is 0 Å². The van der Waals surface area contributed by atoms with E-state index in [1.807, 2.05) is 19.2 Å². The monoisotopic (exact) mass is 446 g/mol. The summed E-state index contributed by atoms with van der Waals surface area (Å²) in [7, 11) is 0. The van der Waals surface area contributed by atoms with Crippen LogP contribution in [0.4, 0.5) is 5.00 Å². The van der Waals surface area contributed by atoms with E-state index in [0.29, 0.717) is 28.5 Å². The molecule has 0 radical (unpaired) electrons. The Bertz CT molecular complexity index is 923. The van der Waals surface area contributed by atoms with Crippen LogP contribution in [0.3, 0.4) is 0 Å². The fraction of sp³-hybridized carbons (Fsp3) is 0.364. The largest absolute Gasteiger partial charge is 0.462 e. The molecule has 0 saturated heterocycles. The van der Waals surface area contributed by atoms with Crippen molar-refractivity contribution in [1.82, 2.24) is 5.32 Å². The van der Waals surface area contributed by atoms with E-state index in [2.05, 4.69) is 10.6 Å². The third-order valence-corrected chi connectivity index (χ3v) is 4.97. The predicted molar refractivity (Wildman–Crippen MR) is 117 cm³/mol. The Hall–Kier alpha value is -3.20. The first-order chi connectivity index (χ1) is 14.8. The molecule has 0 unspecified atom stereocenters. The van der Waals surface area contributed by atoms with Crippen molar-refractivity contribution < 1.29 is 28.7 Å². The maximum atomic E-state index is 12.4. The topological polar surface area (TPSA) is 111 Å². The zero-order valence-corrected chi connectivity index (χ0v) is 18.5. The summed E-state index contributed by atoms with van der Waals surface area (Å²) in [6, 6.07) is 8.42. The van der Waals surface area contributed by atoms with Gasteiger partial charge in [-0.15, -0.1) is 11.3 Å². The highest BCUT2D eigenvalue weighted by molar-refractivity contribution is 7.15. The van der Waals surface area contributed by atoms with Crippen LogP contribution in [0.25, 0.3) is 0 Å². The summed E-state index contributed by atoms with van der Waals surface area (Å²) in [6.07, 6.45) is 0.663. The second kappa shape index (κ2) is 11.8. The van der Waals surface area contributed by atoms with Gasteiger partial charge < -0.3 is 20.1 Å². The number of benzene rings is 1. The van der Waals surface area contributed by atoms with Crippen molar-refractivity contribution >= 4 is 40.1 Å². The zero-order valence-electron chi connectivity index (χ0n) is 17.7. The molecule has 1 aromatic carbocycles. The smallest absolute Gasteiger partial charge is 0.341 e. The van der Waals surface area contributed by atoms with Crippen molar-refractivity contribution in [2.24, 2.45) is 5.92 Å². The molecule has 9 heteroatoms. The molecular formula is C22H26N2O6S. The molecule has 0 aliphatic carbocycles. The van der Waals surface area contributed by atoms with Gasteiger partial charge in [0.05, 0.1) is 12.2 Å². The van der Waals surface area contributed by atoms with Gasteiger partial charge in [0, 0.05) is 5.56 Å². The molecule has 0 saturated carbocycles. The Labute approximate surface area is 184 Å². The molecule has 0 bridgehead atoms. The predicted octanol–water partition coefficient (Wildman–Crippen LogP) is 3.04. The van der Waals surface area contributed by atoms with Crippen LogP contribution in [0, 0.1) is 5.92 Å². The lowest BCUT2D eigenvalue weighted by atomic mass is 10.0. The molecule has 1 aromatic heterocycles. The van der Waals surface area contributed by atoms with E-state index >= 15 is 0 Å². The van der Waals surface area contributed by atoms with Gasteiger partial charge in [0.1, 0.15) is 11.5 Å². The Kier molecular flexibility index (Phi) is 9.20. The Morgan fingerprint density at radius 2 is 1.77 bits per heavy atom. The molecule has 1 heterocycles. The third kappa shape index (κ3) is 7.53. The summed E-state index contributed by atoms with van der Waals surface area (Å²) in [5.41, 5.74) is 1.54. The number of rotatable bonds is 10. The Morgan fingerprint density at radius 1 is 1.06 bits per heavy atom. The summed E-state index contributed by atoms with van der Waals surface area (Å²) in [5.74, 6) is -1.95. The summed E-state index contributed by atoms with van der Waals surface area (Å²) in [5, 5.41) is 7.20.